The van der Waals surface area contributed by atoms with E-state index in [0.29, 0.717) is 12.6 Å². The summed E-state index contributed by atoms with van der Waals surface area (Å²) < 4.78 is 0. The Balaban J connectivity index is 1.89. The number of rotatable bonds is 3. The fraction of sp³-hybridized carbons (Fsp3) is 0.462. The summed E-state index contributed by atoms with van der Waals surface area (Å²) in [5.41, 5.74) is 7.79. The number of hydrogen-bond acceptors (Lipinski definition) is 3. The molecule has 1 amide bonds. The number of hydrogen-bond donors (Lipinski definition) is 2. The van der Waals surface area contributed by atoms with Gasteiger partial charge in [0.05, 0.1) is 12.1 Å². The molecule has 2 atom stereocenters. The first-order chi connectivity index (χ1) is 8.29. The Kier molecular flexibility index (Phi) is 2.61. The van der Waals surface area contributed by atoms with Crippen LogP contribution in [-0.4, -0.2) is 31.1 Å². The molecule has 2 heterocycles. The molecular weight excluding hydrogens is 214 g/mol. The quantitative estimate of drug-likeness (QED) is 0.785. The maximum absolute atomic E-state index is 12.1. The minimum absolute atomic E-state index is 0.0400. The SMILES string of the molecule is NCCc1cccc(N2C(=O)C3CC2CN3)c1. The molecular formula is C13H17N3O. The molecule has 2 aliphatic heterocycles. The zero-order chi connectivity index (χ0) is 11.8. The monoisotopic (exact) mass is 231 g/mol. The first kappa shape index (κ1) is 10.7. The van der Waals surface area contributed by atoms with Crippen LogP contribution in [0.1, 0.15) is 12.0 Å². The largest absolute Gasteiger partial charge is 0.330 e. The van der Waals surface area contributed by atoms with Crippen molar-refractivity contribution >= 4 is 11.6 Å². The third kappa shape index (κ3) is 1.73. The van der Waals surface area contributed by atoms with Gasteiger partial charge in [0.15, 0.2) is 0 Å². The molecule has 1 aromatic rings. The third-order valence-electron chi connectivity index (χ3n) is 3.63. The van der Waals surface area contributed by atoms with Crippen molar-refractivity contribution in [3.8, 4) is 0 Å². The Labute approximate surface area is 101 Å². The van der Waals surface area contributed by atoms with Gasteiger partial charge in [0.1, 0.15) is 0 Å². The molecule has 0 spiro atoms. The minimum Gasteiger partial charge on any atom is -0.330 e. The van der Waals surface area contributed by atoms with Crippen molar-refractivity contribution < 1.29 is 4.79 Å². The normalized spacial score (nSPS) is 26.9. The van der Waals surface area contributed by atoms with Crippen molar-refractivity contribution in [1.82, 2.24) is 5.32 Å². The molecule has 3 rings (SSSR count). The molecule has 0 radical (unpaired) electrons. The topological polar surface area (TPSA) is 58.4 Å². The van der Waals surface area contributed by atoms with Gasteiger partial charge in [0, 0.05) is 12.2 Å². The second kappa shape index (κ2) is 4.13. The molecule has 17 heavy (non-hydrogen) atoms. The first-order valence-corrected chi connectivity index (χ1v) is 6.15. The van der Waals surface area contributed by atoms with Crippen LogP contribution in [0, 0.1) is 0 Å². The predicted molar refractivity (Wildman–Crippen MR) is 66.9 cm³/mol. The minimum atomic E-state index is 0.0400. The van der Waals surface area contributed by atoms with Crippen LogP contribution in [0.3, 0.4) is 0 Å². The Morgan fingerprint density at radius 1 is 1.47 bits per heavy atom. The van der Waals surface area contributed by atoms with Gasteiger partial charge in [-0.3, -0.25) is 4.79 Å². The average Bonchev–Trinajstić information content (AvgIpc) is 2.90. The van der Waals surface area contributed by atoms with E-state index < -0.39 is 0 Å². The lowest BCUT2D eigenvalue weighted by Gasteiger charge is -2.27. The van der Waals surface area contributed by atoms with E-state index in [0.717, 1.165) is 25.1 Å². The lowest BCUT2D eigenvalue weighted by atomic mass is 10.1. The van der Waals surface area contributed by atoms with Crippen molar-refractivity contribution in [3.63, 3.8) is 0 Å². The van der Waals surface area contributed by atoms with Gasteiger partial charge >= 0.3 is 0 Å². The molecule has 3 N–H and O–H groups in total. The fourth-order valence-electron chi connectivity index (χ4n) is 2.82. The number of carbonyl (C=O) groups excluding carboxylic acids is 1. The number of amides is 1. The van der Waals surface area contributed by atoms with E-state index in [2.05, 4.69) is 17.4 Å². The second-order valence-electron chi connectivity index (χ2n) is 4.77. The summed E-state index contributed by atoms with van der Waals surface area (Å²) >= 11 is 0. The van der Waals surface area contributed by atoms with E-state index >= 15 is 0 Å². The van der Waals surface area contributed by atoms with Crippen LogP contribution in [-0.2, 0) is 11.2 Å². The molecule has 2 aliphatic rings. The van der Waals surface area contributed by atoms with Gasteiger partial charge < -0.3 is 16.0 Å². The second-order valence-corrected chi connectivity index (χ2v) is 4.77. The van der Waals surface area contributed by atoms with Crippen molar-refractivity contribution in [3.05, 3.63) is 29.8 Å². The molecule has 2 bridgehead atoms. The summed E-state index contributed by atoms with van der Waals surface area (Å²) in [6.45, 7) is 1.56. The van der Waals surface area contributed by atoms with Gasteiger partial charge in [0.25, 0.3) is 0 Å². The smallest absolute Gasteiger partial charge is 0.244 e. The first-order valence-electron chi connectivity index (χ1n) is 6.15. The Hall–Kier alpha value is -1.39. The van der Waals surface area contributed by atoms with Crippen LogP contribution in [0.2, 0.25) is 0 Å². The predicted octanol–water partition coefficient (Wildman–Crippen LogP) is 0.265. The summed E-state index contributed by atoms with van der Waals surface area (Å²) in [5.74, 6) is 0.214. The van der Waals surface area contributed by atoms with Crippen LogP contribution in [0.5, 0.6) is 0 Å². The van der Waals surface area contributed by atoms with E-state index in [-0.39, 0.29) is 11.9 Å². The highest BCUT2D eigenvalue weighted by Gasteiger charge is 2.45. The Morgan fingerprint density at radius 3 is 3.06 bits per heavy atom. The number of piperazine rings is 1. The van der Waals surface area contributed by atoms with Crippen molar-refractivity contribution in [2.75, 3.05) is 18.0 Å². The van der Waals surface area contributed by atoms with E-state index in [1.165, 1.54) is 5.56 Å². The lowest BCUT2D eigenvalue weighted by molar-refractivity contribution is -0.119. The van der Waals surface area contributed by atoms with Crippen LogP contribution in [0.25, 0.3) is 0 Å². The van der Waals surface area contributed by atoms with Crippen LogP contribution in [0.4, 0.5) is 5.69 Å². The molecule has 2 saturated heterocycles. The van der Waals surface area contributed by atoms with Crippen molar-refractivity contribution in [2.45, 2.75) is 24.9 Å². The number of nitrogens with two attached hydrogens (primary N) is 1. The number of fused-ring (bicyclic) bond motifs is 2. The van der Waals surface area contributed by atoms with E-state index in [4.69, 9.17) is 5.73 Å². The summed E-state index contributed by atoms with van der Waals surface area (Å²) in [5, 5.41) is 3.23. The molecule has 4 nitrogen and oxygen atoms in total. The van der Waals surface area contributed by atoms with Gasteiger partial charge in [-0.2, -0.15) is 0 Å². The highest BCUT2D eigenvalue weighted by atomic mass is 16.2. The van der Waals surface area contributed by atoms with E-state index in [1.54, 1.807) is 0 Å². The summed E-state index contributed by atoms with van der Waals surface area (Å²) in [7, 11) is 0. The molecule has 4 heteroatoms. The molecule has 0 aromatic heterocycles. The summed E-state index contributed by atoms with van der Waals surface area (Å²) in [4.78, 5) is 14.0. The molecule has 0 aliphatic carbocycles. The molecule has 0 saturated carbocycles. The van der Waals surface area contributed by atoms with Crippen LogP contribution >= 0.6 is 0 Å². The van der Waals surface area contributed by atoms with Crippen molar-refractivity contribution in [1.29, 1.82) is 0 Å². The standard InChI is InChI=1S/C13H17N3O/c14-5-4-9-2-1-3-10(6-9)16-11-7-12(13(16)17)15-8-11/h1-3,6,11-12,15H,4-5,7-8,14H2. The van der Waals surface area contributed by atoms with Crippen molar-refractivity contribution in [2.24, 2.45) is 5.73 Å². The lowest BCUT2D eigenvalue weighted by Crippen LogP contribution is -2.48. The summed E-state index contributed by atoms with van der Waals surface area (Å²) in [6.07, 6.45) is 1.81. The van der Waals surface area contributed by atoms with E-state index in [9.17, 15) is 4.79 Å². The number of nitrogens with zero attached hydrogens (tertiary/aromatic N) is 1. The number of nitrogens with one attached hydrogen (secondary N) is 1. The number of benzene rings is 1. The summed E-state index contributed by atoms with van der Waals surface area (Å²) in [6, 6.07) is 8.55. The highest BCUT2D eigenvalue weighted by Crippen LogP contribution is 2.30. The third-order valence-corrected chi connectivity index (χ3v) is 3.63. The number of anilines is 1. The highest BCUT2D eigenvalue weighted by molar-refractivity contribution is 6.01. The van der Waals surface area contributed by atoms with Crippen LogP contribution in [0.15, 0.2) is 24.3 Å². The maximum Gasteiger partial charge on any atom is 0.244 e. The molecule has 1 aromatic carbocycles. The van der Waals surface area contributed by atoms with E-state index in [1.807, 2.05) is 17.0 Å². The van der Waals surface area contributed by atoms with Gasteiger partial charge in [-0.15, -0.1) is 0 Å². The molecule has 2 fully saturated rings. The van der Waals surface area contributed by atoms with Gasteiger partial charge in [-0.05, 0) is 37.1 Å². The molecule has 90 valence electrons. The average molecular weight is 231 g/mol. The van der Waals surface area contributed by atoms with Crippen LogP contribution < -0.4 is 16.0 Å². The number of carbonyl (C=O) groups is 1. The zero-order valence-electron chi connectivity index (χ0n) is 9.73. The molecule has 2 unspecified atom stereocenters. The Bertz CT molecular complexity index is 446. The Morgan fingerprint density at radius 2 is 2.35 bits per heavy atom. The van der Waals surface area contributed by atoms with Gasteiger partial charge in [-0.1, -0.05) is 12.1 Å². The zero-order valence-corrected chi connectivity index (χ0v) is 9.73. The van der Waals surface area contributed by atoms with Gasteiger partial charge in [0.2, 0.25) is 5.91 Å². The van der Waals surface area contributed by atoms with Gasteiger partial charge in [-0.25, -0.2) is 0 Å². The maximum atomic E-state index is 12.1. The fourth-order valence-corrected chi connectivity index (χ4v) is 2.82.